The predicted molar refractivity (Wildman–Crippen MR) is 78.8 cm³/mol. The van der Waals surface area contributed by atoms with Crippen LogP contribution in [0.4, 0.5) is 5.82 Å². The van der Waals surface area contributed by atoms with Gasteiger partial charge in [-0.15, -0.1) is 0 Å². The average Bonchev–Trinajstić information content (AvgIpc) is 2.38. The number of hydrogen-bond acceptors (Lipinski definition) is 3. The quantitative estimate of drug-likeness (QED) is 0.741. The van der Waals surface area contributed by atoms with Gasteiger partial charge in [-0.1, -0.05) is 46.6 Å². The molecule has 0 aliphatic heterocycles. The van der Waals surface area contributed by atoms with Crippen LogP contribution in [0.15, 0.2) is 18.3 Å². The summed E-state index contributed by atoms with van der Waals surface area (Å²) in [7, 11) is 0. The Labute approximate surface area is 111 Å². The number of nitrogens with zero attached hydrogens (tertiary/aromatic N) is 1. The summed E-state index contributed by atoms with van der Waals surface area (Å²) >= 11 is 0. The lowest BCUT2D eigenvalue weighted by atomic mass is 10.0. The highest BCUT2D eigenvalue weighted by atomic mass is 15.0. The van der Waals surface area contributed by atoms with E-state index in [0.717, 1.165) is 24.8 Å². The van der Waals surface area contributed by atoms with Gasteiger partial charge in [0.1, 0.15) is 5.82 Å². The fraction of sp³-hybridized carbons (Fsp3) is 0.667. The molecule has 18 heavy (non-hydrogen) atoms. The van der Waals surface area contributed by atoms with Crippen molar-refractivity contribution in [2.45, 2.75) is 53.1 Å². The third kappa shape index (κ3) is 5.05. The molecular formula is C15H27N3. The summed E-state index contributed by atoms with van der Waals surface area (Å²) in [6, 6.07) is 4.63. The topological polar surface area (TPSA) is 37.0 Å². The van der Waals surface area contributed by atoms with Crippen LogP contribution in [0.25, 0.3) is 0 Å². The minimum absolute atomic E-state index is 0.497. The Morgan fingerprint density at radius 3 is 2.56 bits per heavy atom. The molecule has 1 rings (SSSR count). The maximum absolute atomic E-state index is 4.45. The smallest absolute Gasteiger partial charge is 0.130 e. The van der Waals surface area contributed by atoms with E-state index in [1.54, 1.807) is 0 Å². The zero-order valence-electron chi connectivity index (χ0n) is 12.2. The van der Waals surface area contributed by atoms with E-state index in [9.17, 15) is 0 Å². The average molecular weight is 249 g/mol. The SMILES string of the molecule is CCC(CC)CNc1ncccc1CNC(C)C. The molecule has 0 aliphatic carbocycles. The Bertz CT molecular complexity index is 332. The standard InChI is InChI=1S/C15H27N3/c1-5-13(6-2)10-18-15-14(8-7-9-16-15)11-17-12(3)4/h7-9,12-13,17H,5-6,10-11H2,1-4H3,(H,16,18). The van der Waals surface area contributed by atoms with Crippen LogP contribution in [0.2, 0.25) is 0 Å². The van der Waals surface area contributed by atoms with Crippen molar-refractivity contribution >= 4 is 5.82 Å². The van der Waals surface area contributed by atoms with Crippen LogP contribution in [0.5, 0.6) is 0 Å². The van der Waals surface area contributed by atoms with E-state index >= 15 is 0 Å². The van der Waals surface area contributed by atoms with Gasteiger partial charge in [-0.2, -0.15) is 0 Å². The molecule has 0 aromatic carbocycles. The third-order valence-corrected chi connectivity index (χ3v) is 3.30. The van der Waals surface area contributed by atoms with Gasteiger partial charge in [-0.05, 0) is 12.0 Å². The van der Waals surface area contributed by atoms with Crippen molar-refractivity contribution in [2.24, 2.45) is 5.92 Å². The molecule has 0 atom stereocenters. The highest BCUT2D eigenvalue weighted by Crippen LogP contribution is 2.14. The van der Waals surface area contributed by atoms with Crippen molar-refractivity contribution in [1.82, 2.24) is 10.3 Å². The van der Waals surface area contributed by atoms with E-state index in [1.165, 1.54) is 18.4 Å². The van der Waals surface area contributed by atoms with Gasteiger partial charge in [-0.25, -0.2) is 4.98 Å². The first-order valence-corrected chi connectivity index (χ1v) is 7.08. The molecule has 0 bridgehead atoms. The number of hydrogen-bond donors (Lipinski definition) is 2. The van der Waals surface area contributed by atoms with E-state index in [4.69, 9.17) is 0 Å². The molecule has 0 saturated heterocycles. The van der Waals surface area contributed by atoms with Crippen LogP contribution in [-0.2, 0) is 6.54 Å². The first-order chi connectivity index (χ1) is 8.67. The largest absolute Gasteiger partial charge is 0.370 e. The molecule has 1 heterocycles. The monoisotopic (exact) mass is 249 g/mol. The normalized spacial score (nSPS) is 11.2. The van der Waals surface area contributed by atoms with Crippen LogP contribution in [0.3, 0.4) is 0 Å². The van der Waals surface area contributed by atoms with Crippen molar-refractivity contribution in [2.75, 3.05) is 11.9 Å². The summed E-state index contributed by atoms with van der Waals surface area (Å²) < 4.78 is 0. The molecular weight excluding hydrogens is 222 g/mol. The molecule has 0 unspecified atom stereocenters. The Kier molecular flexibility index (Phi) is 6.73. The molecule has 102 valence electrons. The van der Waals surface area contributed by atoms with Gasteiger partial charge < -0.3 is 10.6 Å². The Balaban J connectivity index is 2.58. The van der Waals surface area contributed by atoms with E-state index < -0.39 is 0 Å². The van der Waals surface area contributed by atoms with Crippen LogP contribution in [0, 0.1) is 5.92 Å². The van der Waals surface area contributed by atoms with Crippen molar-refractivity contribution in [3.05, 3.63) is 23.9 Å². The van der Waals surface area contributed by atoms with Gasteiger partial charge in [0.05, 0.1) is 0 Å². The minimum Gasteiger partial charge on any atom is -0.370 e. The van der Waals surface area contributed by atoms with Crippen molar-refractivity contribution in [3.8, 4) is 0 Å². The van der Waals surface area contributed by atoms with Gasteiger partial charge in [0.2, 0.25) is 0 Å². The molecule has 0 spiro atoms. The lowest BCUT2D eigenvalue weighted by molar-refractivity contribution is 0.517. The van der Waals surface area contributed by atoms with Crippen molar-refractivity contribution in [1.29, 1.82) is 0 Å². The fourth-order valence-electron chi connectivity index (χ4n) is 1.87. The van der Waals surface area contributed by atoms with Gasteiger partial charge in [0.15, 0.2) is 0 Å². The second-order valence-electron chi connectivity index (χ2n) is 5.11. The molecule has 2 N–H and O–H groups in total. The first kappa shape index (κ1) is 15.0. The fourth-order valence-corrected chi connectivity index (χ4v) is 1.87. The summed E-state index contributed by atoms with van der Waals surface area (Å²) in [5.74, 6) is 1.76. The highest BCUT2D eigenvalue weighted by Gasteiger charge is 2.07. The highest BCUT2D eigenvalue weighted by molar-refractivity contribution is 5.43. The maximum Gasteiger partial charge on any atom is 0.130 e. The Morgan fingerprint density at radius 1 is 1.22 bits per heavy atom. The molecule has 0 fully saturated rings. The summed E-state index contributed by atoms with van der Waals surface area (Å²) in [4.78, 5) is 4.45. The third-order valence-electron chi connectivity index (χ3n) is 3.30. The van der Waals surface area contributed by atoms with Crippen molar-refractivity contribution in [3.63, 3.8) is 0 Å². The molecule has 3 heteroatoms. The molecule has 0 aliphatic rings. The summed E-state index contributed by atoms with van der Waals surface area (Å²) in [6.07, 6.45) is 4.29. The second-order valence-corrected chi connectivity index (χ2v) is 5.11. The van der Waals surface area contributed by atoms with Gasteiger partial charge in [-0.3, -0.25) is 0 Å². The van der Waals surface area contributed by atoms with E-state index in [0.29, 0.717) is 6.04 Å². The minimum atomic E-state index is 0.497. The summed E-state index contributed by atoms with van der Waals surface area (Å²) in [5, 5.41) is 6.93. The van der Waals surface area contributed by atoms with Gasteiger partial charge in [0.25, 0.3) is 0 Å². The second kappa shape index (κ2) is 8.09. The molecule has 0 radical (unpaired) electrons. The molecule has 0 amide bonds. The number of pyridine rings is 1. The summed E-state index contributed by atoms with van der Waals surface area (Å²) in [6.45, 7) is 10.7. The lowest BCUT2D eigenvalue weighted by Crippen LogP contribution is -2.23. The number of nitrogens with one attached hydrogen (secondary N) is 2. The lowest BCUT2D eigenvalue weighted by Gasteiger charge is -2.16. The Morgan fingerprint density at radius 2 is 1.94 bits per heavy atom. The summed E-state index contributed by atoms with van der Waals surface area (Å²) in [5.41, 5.74) is 1.25. The number of rotatable bonds is 8. The van der Waals surface area contributed by atoms with Gasteiger partial charge in [0, 0.05) is 30.9 Å². The van der Waals surface area contributed by atoms with E-state index in [1.807, 2.05) is 12.3 Å². The van der Waals surface area contributed by atoms with Crippen molar-refractivity contribution < 1.29 is 0 Å². The Hall–Kier alpha value is -1.09. The molecule has 1 aromatic rings. The maximum atomic E-state index is 4.45. The first-order valence-electron chi connectivity index (χ1n) is 7.08. The van der Waals surface area contributed by atoms with Crippen LogP contribution in [-0.4, -0.2) is 17.6 Å². The number of aromatic nitrogens is 1. The number of anilines is 1. The molecule has 3 nitrogen and oxygen atoms in total. The van der Waals surface area contributed by atoms with Crippen LogP contribution < -0.4 is 10.6 Å². The van der Waals surface area contributed by atoms with E-state index in [-0.39, 0.29) is 0 Å². The van der Waals surface area contributed by atoms with Crippen LogP contribution in [0.1, 0.15) is 46.1 Å². The predicted octanol–water partition coefficient (Wildman–Crippen LogP) is 3.43. The van der Waals surface area contributed by atoms with Crippen LogP contribution >= 0.6 is 0 Å². The zero-order chi connectivity index (χ0) is 13.4. The van der Waals surface area contributed by atoms with E-state index in [2.05, 4.69) is 49.4 Å². The zero-order valence-corrected chi connectivity index (χ0v) is 12.2. The molecule has 1 aromatic heterocycles. The van der Waals surface area contributed by atoms with Gasteiger partial charge >= 0.3 is 0 Å². The molecule has 0 saturated carbocycles.